The van der Waals surface area contributed by atoms with E-state index in [-0.39, 0.29) is 11.6 Å². The molecule has 0 fully saturated rings. The van der Waals surface area contributed by atoms with Crippen LogP contribution in [0.2, 0.25) is 25.0 Å². The molecular formula is C29H46BFO2Si. The number of hydrogen-bond donors (Lipinski definition) is 1. The number of aliphatic hydroxyl groups is 1. The van der Waals surface area contributed by atoms with E-state index >= 15 is 0 Å². The maximum atomic E-state index is 10.7. The topological polar surface area (TPSA) is 29.5 Å². The van der Waals surface area contributed by atoms with Crippen molar-refractivity contribution >= 4 is 15.8 Å². The van der Waals surface area contributed by atoms with Crippen molar-refractivity contribution in [2.24, 2.45) is 0 Å². The molecule has 0 spiro atoms. The van der Waals surface area contributed by atoms with Gasteiger partial charge in [0.2, 0.25) is 0 Å². The quantitative estimate of drug-likeness (QED) is 0.304. The minimum Gasteiger partial charge on any atom is -0.413 e. The Hall–Kier alpha value is -1.95. The fourth-order valence-electron chi connectivity index (χ4n) is 3.16. The van der Waals surface area contributed by atoms with E-state index in [2.05, 4.69) is 85.1 Å². The lowest BCUT2D eigenvalue weighted by Gasteiger charge is -2.36. The third-order valence-electron chi connectivity index (χ3n) is 6.28. The van der Waals surface area contributed by atoms with Crippen molar-refractivity contribution in [2.75, 3.05) is 0 Å². The van der Waals surface area contributed by atoms with Gasteiger partial charge in [0.05, 0.1) is 13.2 Å². The zero-order chi connectivity index (χ0) is 27.2. The Balaban J connectivity index is 0.000000614. The molecule has 0 aliphatic rings. The first-order chi connectivity index (χ1) is 16.2. The van der Waals surface area contributed by atoms with Crippen LogP contribution in [0.15, 0.2) is 61.7 Å². The molecule has 0 radical (unpaired) electrons. The molecule has 2 rings (SSSR count). The number of hydrogen-bond acceptors (Lipinski definition) is 2. The van der Waals surface area contributed by atoms with Gasteiger partial charge in [-0.05, 0) is 78.2 Å². The highest BCUT2D eigenvalue weighted by atomic mass is 28.4. The third kappa shape index (κ3) is 10.5. The molecule has 0 unspecified atom stereocenters. The van der Waals surface area contributed by atoms with E-state index in [1.807, 2.05) is 24.3 Å². The van der Waals surface area contributed by atoms with Gasteiger partial charge in [0.1, 0.15) is 0 Å². The minimum atomic E-state index is -1.68. The zero-order valence-electron chi connectivity index (χ0n) is 23.7. The number of aryl methyl sites for hydroxylation is 2. The predicted molar refractivity (Wildman–Crippen MR) is 152 cm³/mol. The number of aliphatic hydroxyl groups excluding tert-OH is 1. The summed E-state index contributed by atoms with van der Waals surface area (Å²) in [6.45, 7) is 25.2. The molecule has 0 saturated carbocycles. The van der Waals surface area contributed by atoms with Crippen LogP contribution in [0.25, 0.3) is 0 Å². The Labute approximate surface area is 211 Å². The molecule has 2 aromatic carbocycles. The standard InChI is InChI=1S/C17H28OSi.C11H14O.CH4BF/c1-8-10-16-14(2)11-9-12-15(16)13-18-19(6,7)17(3,4)5;1-3-5-11-9(2)6-4-7-10(11)8-12;1-2-3/h8-9,11-12H,1,10,13H2,2-7H3;3-4,6-7,12H,1,5,8H2,2H3;2H,1H3/i;;2T. The van der Waals surface area contributed by atoms with E-state index in [9.17, 15) is 4.32 Å². The van der Waals surface area contributed by atoms with E-state index in [1.165, 1.54) is 34.6 Å². The highest BCUT2D eigenvalue weighted by Gasteiger charge is 2.37. The number of benzene rings is 2. The third-order valence-corrected chi connectivity index (χ3v) is 10.8. The minimum absolute atomic E-state index is 0.116. The number of allylic oxidation sites excluding steroid dienone is 2. The molecule has 2 nitrogen and oxygen atoms in total. The lowest BCUT2D eigenvalue weighted by atomic mass is 10.00. The van der Waals surface area contributed by atoms with E-state index in [0.29, 0.717) is 0 Å². The van der Waals surface area contributed by atoms with Gasteiger partial charge in [0.15, 0.2) is 8.32 Å². The van der Waals surface area contributed by atoms with Crippen molar-refractivity contribution in [3.8, 4) is 0 Å². The van der Waals surface area contributed by atoms with Gasteiger partial charge in [0, 0.05) is 1.34 Å². The Morgan fingerprint density at radius 3 is 1.79 bits per heavy atom. The second kappa shape index (κ2) is 15.9. The summed E-state index contributed by atoms with van der Waals surface area (Å²) in [4.78, 5) is 0. The molecule has 2 aromatic rings. The fourth-order valence-corrected chi connectivity index (χ4v) is 4.11. The van der Waals surface area contributed by atoms with Crippen molar-refractivity contribution in [3.05, 3.63) is 95.1 Å². The van der Waals surface area contributed by atoms with Gasteiger partial charge in [-0.25, -0.2) is 0 Å². The van der Waals surface area contributed by atoms with Gasteiger partial charge < -0.3 is 13.8 Å². The summed E-state index contributed by atoms with van der Waals surface area (Å²) in [6.07, 6.45) is 5.59. The van der Waals surface area contributed by atoms with Gasteiger partial charge in [0.25, 0.3) is 0 Å². The highest BCUT2D eigenvalue weighted by molar-refractivity contribution is 6.74. The highest BCUT2D eigenvalue weighted by Crippen LogP contribution is 2.37. The SMILES string of the molecule is C=CCc1c(C)cccc1CO.C=CCc1c(C)cccc1CO[Si](C)(C)C(C)(C)C.[3H]B(C)F. The molecule has 0 atom stereocenters. The van der Waals surface area contributed by atoms with Crippen LogP contribution in [0.4, 0.5) is 4.32 Å². The first-order valence-electron chi connectivity index (χ1n) is 12.5. The van der Waals surface area contributed by atoms with Crippen LogP contribution in [0.3, 0.4) is 0 Å². The summed E-state index contributed by atoms with van der Waals surface area (Å²) >= 11 is 0. The summed E-state index contributed by atoms with van der Waals surface area (Å²) in [7, 11) is -3.09. The first-order valence-corrected chi connectivity index (χ1v) is 14.8. The summed E-state index contributed by atoms with van der Waals surface area (Å²) in [5.74, 6) is 0. The summed E-state index contributed by atoms with van der Waals surface area (Å²) < 4.78 is 22.9. The second-order valence-corrected chi connectivity index (χ2v) is 14.6. The van der Waals surface area contributed by atoms with Crippen LogP contribution >= 0.6 is 0 Å². The molecule has 0 aromatic heterocycles. The molecule has 0 aliphatic heterocycles. The molecule has 1 N–H and O–H groups in total. The smallest absolute Gasteiger partial charge is 0.328 e. The van der Waals surface area contributed by atoms with Crippen LogP contribution in [0, 0.1) is 13.8 Å². The Morgan fingerprint density at radius 1 is 1.00 bits per heavy atom. The maximum absolute atomic E-state index is 10.7. The van der Waals surface area contributed by atoms with Gasteiger partial charge in [-0.1, -0.05) is 76.1 Å². The largest absolute Gasteiger partial charge is 0.413 e. The average molecular weight is 487 g/mol. The van der Waals surface area contributed by atoms with Crippen LogP contribution in [0.5, 0.6) is 0 Å². The molecule has 0 saturated heterocycles. The van der Waals surface area contributed by atoms with Crippen LogP contribution in [0.1, 0.15) is 54.2 Å². The van der Waals surface area contributed by atoms with Gasteiger partial charge in [-0.2, -0.15) is 0 Å². The Morgan fingerprint density at radius 2 is 1.41 bits per heavy atom. The molecule has 0 bridgehead atoms. The van der Waals surface area contributed by atoms with Gasteiger partial charge in [-0.3, -0.25) is 0 Å². The summed E-state index contributed by atoms with van der Waals surface area (Å²) in [5, 5.41) is 9.29. The molecule has 0 aliphatic carbocycles. The Bertz CT molecular complexity index is 921. The van der Waals surface area contributed by atoms with Crippen LogP contribution < -0.4 is 0 Å². The fraction of sp³-hybridized carbons (Fsp3) is 0.448. The van der Waals surface area contributed by atoms with E-state index in [1.54, 1.807) is 0 Å². The van der Waals surface area contributed by atoms with Crippen LogP contribution in [-0.4, -0.2) is 22.3 Å². The maximum Gasteiger partial charge on any atom is 0.328 e. The first kappa shape index (κ1) is 30.1. The number of rotatable bonds is 8. The van der Waals surface area contributed by atoms with Crippen molar-refractivity contribution in [2.45, 2.75) is 85.6 Å². The van der Waals surface area contributed by atoms with Crippen molar-refractivity contribution in [1.82, 2.24) is 0 Å². The van der Waals surface area contributed by atoms with E-state index < -0.39 is 15.8 Å². The predicted octanol–water partition coefficient (Wildman–Crippen LogP) is 7.82. The molecule has 188 valence electrons. The van der Waals surface area contributed by atoms with Crippen LogP contribution in [-0.2, 0) is 30.5 Å². The summed E-state index contributed by atoms with van der Waals surface area (Å²) in [5.41, 5.74) is 7.45. The van der Waals surface area contributed by atoms with Crippen molar-refractivity contribution in [3.63, 3.8) is 0 Å². The molecule has 0 heterocycles. The van der Waals surface area contributed by atoms with Gasteiger partial charge >= 0.3 is 7.52 Å². The lowest BCUT2D eigenvalue weighted by molar-refractivity contribution is 0.275. The molecular weight excluding hydrogens is 438 g/mol. The second-order valence-electron chi connectivity index (χ2n) is 9.84. The molecule has 0 amide bonds. The summed E-state index contributed by atoms with van der Waals surface area (Å²) in [6, 6.07) is 12.4. The lowest BCUT2D eigenvalue weighted by Crippen LogP contribution is -2.40. The number of halogens is 1. The normalized spacial score (nSPS) is 11.3. The average Bonchev–Trinajstić information content (AvgIpc) is 2.75. The molecule has 34 heavy (non-hydrogen) atoms. The van der Waals surface area contributed by atoms with Gasteiger partial charge in [-0.15, -0.1) is 13.2 Å². The van der Waals surface area contributed by atoms with Crippen molar-refractivity contribution < 1.29 is 13.8 Å². The van der Waals surface area contributed by atoms with Crippen molar-refractivity contribution in [1.29, 1.82) is 1.34 Å². The molecule has 5 heteroatoms. The van der Waals surface area contributed by atoms with E-state index in [0.717, 1.165) is 25.0 Å². The Kier molecular flexibility index (Phi) is 14.0. The zero-order valence-corrected chi connectivity index (χ0v) is 23.7. The van der Waals surface area contributed by atoms with E-state index in [4.69, 9.17) is 10.9 Å². The monoisotopic (exact) mass is 486 g/mol.